The van der Waals surface area contributed by atoms with Crippen molar-refractivity contribution in [3.8, 4) is 11.5 Å². The van der Waals surface area contributed by atoms with Gasteiger partial charge in [-0.1, -0.05) is 19.4 Å². The Hall–Kier alpha value is -2.15. The molecule has 226 valence electrons. The van der Waals surface area contributed by atoms with E-state index in [1.807, 2.05) is 6.92 Å². The van der Waals surface area contributed by atoms with E-state index in [1.54, 1.807) is 6.07 Å². The minimum Gasteiger partial charge on any atom is -0.464 e. The summed E-state index contributed by atoms with van der Waals surface area (Å²) in [6.45, 7) is 3.22. The molecule has 1 rings (SSSR count). The Morgan fingerprint density at radius 1 is 0.795 bits per heavy atom. The monoisotopic (exact) mass is 616 g/mol. The molecule has 0 radical (unpaired) electrons. The summed E-state index contributed by atoms with van der Waals surface area (Å²) >= 11 is 0. The molecule has 7 N–H and O–H groups in total. The fourth-order valence-electron chi connectivity index (χ4n) is 3.06. The molecule has 0 bridgehead atoms. The fraction of sp³-hybridized carbons (Fsp3) is 0.600. The molecular weight excluding hydrogens is 575 g/mol. The molecule has 0 aliphatic heterocycles. The van der Waals surface area contributed by atoms with Gasteiger partial charge in [0.05, 0.1) is 6.61 Å². The number of rotatable bonds is 18. The molecule has 1 amide bonds. The lowest BCUT2D eigenvalue weighted by molar-refractivity contribution is -0.148. The third-order valence-corrected chi connectivity index (χ3v) is 5.04. The summed E-state index contributed by atoms with van der Waals surface area (Å²) in [5.41, 5.74) is 16.9. The second kappa shape index (κ2) is 24.9. The van der Waals surface area contributed by atoms with Gasteiger partial charge in [0.15, 0.2) is 11.5 Å². The van der Waals surface area contributed by atoms with Crippen molar-refractivity contribution in [1.82, 2.24) is 5.32 Å². The number of amides is 1. The van der Waals surface area contributed by atoms with E-state index >= 15 is 0 Å². The van der Waals surface area contributed by atoms with Gasteiger partial charge in [-0.2, -0.15) is 0 Å². The fourth-order valence-corrected chi connectivity index (χ4v) is 3.06. The molecule has 0 saturated heterocycles. The van der Waals surface area contributed by atoms with E-state index in [4.69, 9.17) is 31.4 Å². The largest absolute Gasteiger partial charge is 0.464 e. The quantitative estimate of drug-likeness (QED) is 0.108. The summed E-state index contributed by atoms with van der Waals surface area (Å²) < 4.78 is 16.1. The molecule has 1 atom stereocenters. The smallest absolute Gasteiger partial charge is 0.328 e. The number of unbranched alkanes of at least 4 members (excludes halogenated alkanes) is 1. The Morgan fingerprint density at radius 2 is 1.33 bits per heavy atom. The predicted molar refractivity (Wildman–Crippen MR) is 156 cm³/mol. The van der Waals surface area contributed by atoms with Crippen molar-refractivity contribution in [2.45, 2.75) is 70.8 Å². The highest BCUT2D eigenvalue weighted by Crippen LogP contribution is 2.30. The third-order valence-electron chi connectivity index (χ3n) is 5.04. The van der Waals surface area contributed by atoms with E-state index in [0.717, 1.165) is 6.42 Å². The summed E-state index contributed by atoms with van der Waals surface area (Å²) in [4.78, 5) is 49.3. The Kier molecular flexibility index (Phi) is 26.3. The Bertz CT molecular complexity index is 863. The molecule has 0 aliphatic rings. The number of ether oxygens (including phenoxy) is 3. The van der Waals surface area contributed by atoms with Gasteiger partial charge in [-0.25, -0.2) is 4.79 Å². The Labute approximate surface area is 248 Å². The zero-order valence-corrected chi connectivity index (χ0v) is 24.8. The summed E-state index contributed by atoms with van der Waals surface area (Å²) in [5.74, 6) is -1.85. The highest BCUT2D eigenvalue weighted by atomic mass is 35.5. The Morgan fingerprint density at radius 3 is 1.87 bits per heavy atom. The number of halogens is 3. The topological polar surface area (TPSA) is 186 Å². The number of nitrogens with two attached hydrogens (primary N) is 3. The van der Waals surface area contributed by atoms with Crippen molar-refractivity contribution in [2.75, 3.05) is 26.2 Å². The number of hydrogen-bond donors (Lipinski definition) is 4. The molecule has 14 heteroatoms. The van der Waals surface area contributed by atoms with Crippen LogP contribution in [0.15, 0.2) is 18.2 Å². The molecule has 0 aromatic heterocycles. The molecule has 39 heavy (non-hydrogen) atoms. The van der Waals surface area contributed by atoms with Crippen LogP contribution in [-0.4, -0.2) is 56.1 Å². The van der Waals surface area contributed by atoms with Crippen LogP contribution in [0.2, 0.25) is 0 Å². The molecule has 1 unspecified atom stereocenters. The average molecular weight is 618 g/mol. The highest BCUT2D eigenvalue weighted by Gasteiger charge is 2.24. The molecule has 0 saturated carbocycles. The minimum absolute atomic E-state index is 0. The van der Waals surface area contributed by atoms with Gasteiger partial charge in [-0.15, -0.1) is 37.2 Å². The highest BCUT2D eigenvalue weighted by molar-refractivity contribution is 5.86. The number of carbonyl (C=O) groups excluding carboxylic acids is 4. The summed E-state index contributed by atoms with van der Waals surface area (Å²) in [6.07, 6.45) is 3.38. The van der Waals surface area contributed by atoms with Gasteiger partial charge in [0, 0.05) is 25.7 Å². The SMILES string of the molecule is CCCCOC(=O)C(Cc1ccc(OC(=O)CCCN)c(OC(=O)CCCN)c1)NC(=O)CCCN.Cl.Cl.Cl. The van der Waals surface area contributed by atoms with Gasteiger partial charge in [-0.05, 0) is 63.0 Å². The van der Waals surface area contributed by atoms with Gasteiger partial charge >= 0.3 is 17.9 Å². The number of hydrogen-bond acceptors (Lipinski definition) is 10. The van der Waals surface area contributed by atoms with Crippen molar-refractivity contribution >= 4 is 61.0 Å². The van der Waals surface area contributed by atoms with Crippen LogP contribution in [0, 0.1) is 0 Å². The van der Waals surface area contributed by atoms with Crippen molar-refractivity contribution < 1.29 is 33.4 Å². The minimum atomic E-state index is -0.953. The maximum atomic E-state index is 12.7. The van der Waals surface area contributed by atoms with Crippen LogP contribution in [0.25, 0.3) is 0 Å². The van der Waals surface area contributed by atoms with E-state index in [-0.39, 0.29) is 86.9 Å². The van der Waals surface area contributed by atoms with E-state index in [1.165, 1.54) is 12.1 Å². The molecule has 0 fully saturated rings. The first-order valence-corrected chi connectivity index (χ1v) is 12.4. The van der Waals surface area contributed by atoms with Gasteiger partial charge in [-0.3, -0.25) is 14.4 Å². The first-order chi connectivity index (χ1) is 17.3. The van der Waals surface area contributed by atoms with Crippen molar-refractivity contribution in [2.24, 2.45) is 17.2 Å². The van der Waals surface area contributed by atoms with E-state index in [2.05, 4.69) is 5.32 Å². The molecule has 0 heterocycles. The van der Waals surface area contributed by atoms with Crippen LogP contribution in [0.1, 0.15) is 63.9 Å². The van der Waals surface area contributed by atoms with Gasteiger partial charge in [0.2, 0.25) is 5.91 Å². The molecule has 1 aromatic carbocycles. The normalized spacial score (nSPS) is 10.6. The predicted octanol–water partition coefficient (Wildman–Crippen LogP) is 2.35. The first kappa shape index (κ1) is 41.3. The van der Waals surface area contributed by atoms with E-state index in [9.17, 15) is 19.2 Å². The van der Waals surface area contributed by atoms with Crippen molar-refractivity contribution in [3.05, 3.63) is 23.8 Å². The Balaban J connectivity index is -0.00000432. The zero-order chi connectivity index (χ0) is 26.8. The maximum Gasteiger partial charge on any atom is 0.328 e. The van der Waals surface area contributed by atoms with Gasteiger partial charge in [0.25, 0.3) is 0 Å². The second-order valence-electron chi connectivity index (χ2n) is 8.25. The van der Waals surface area contributed by atoms with Crippen LogP contribution in [-0.2, 0) is 30.3 Å². The standard InChI is InChI=1S/C25H40N4O7.3ClH/c1-2-3-15-34-25(33)19(29-22(30)7-4-12-26)16-18-10-11-20(35-23(31)8-5-13-27)21(17-18)36-24(32)9-6-14-28;;;/h10-11,17,19H,2-9,12-16,26-28H2,1H3,(H,29,30);3*1H. The lowest BCUT2D eigenvalue weighted by Gasteiger charge is -2.19. The molecule has 1 aromatic rings. The van der Waals surface area contributed by atoms with Gasteiger partial charge < -0.3 is 36.7 Å². The van der Waals surface area contributed by atoms with E-state index < -0.39 is 23.9 Å². The van der Waals surface area contributed by atoms with Crippen molar-refractivity contribution in [1.29, 1.82) is 0 Å². The van der Waals surface area contributed by atoms with Crippen LogP contribution < -0.4 is 32.0 Å². The lowest BCUT2D eigenvalue weighted by atomic mass is 10.0. The number of nitrogens with one attached hydrogen (secondary N) is 1. The third kappa shape index (κ3) is 17.9. The number of carbonyl (C=O) groups is 4. The van der Waals surface area contributed by atoms with Crippen LogP contribution >= 0.6 is 37.2 Å². The molecule has 0 aliphatic carbocycles. The summed E-state index contributed by atoms with van der Waals surface area (Å²) in [7, 11) is 0. The van der Waals surface area contributed by atoms with Crippen LogP contribution in [0.4, 0.5) is 0 Å². The average Bonchev–Trinajstić information content (AvgIpc) is 2.86. The number of esters is 3. The second-order valence-corrected chi connectivity index (χ2v) is 8.25. The van der Waals surface area contributed by atoms with Gasteiger partial charge in [0.1, 0.15) is 6.04 Å². The number of benzene rings is 1. The molecule has 0 spiro atoms. The van der Waals surface area contributed by atoms with E-state index in [0.29, 0.717) is 50.9 Å². The summed E-state index contributed by atoms with van der Waals surface area (Å²) in [6, 6.07) is 3.66. The molecule has 11 nitrogen and oxygen atoms in total. The maximum absolute atomic E-state index is 12.7. The first-order valence-electron chi connectivity index (χ1n) is 12.4. The summed E-state index contributed by atoms with van der Waals surface area (Å²) in [5, 5.41) is 2.70. The van der Waals surface area contributed by atoms with Crippen LogP contribution in [0.3, 0.4) is 0 Å². The van der Waals surface area contributed by atoms with Crippen molar-refractivity contribution in [3.63, 3.8) is 0 Å². The molecular formula is C25H43Cl3N4O7. The zero-order valence-electron chi connectivity index (χ0n) is 22.3. The van der Waals surface area contributed by atoms with Crippen LogP contribution in [0.5, 0.6) is 11.5 Å². The lowest BCUT2D eigenvalue weighted by Crippen LogP contribution is -2.43.